The summed E-state index contributed by atoms with van der Waals surface area (Å²) in [6.45, 7) is 3.59. The van der Waals surface area contributed by atoms with Crippen LogP contribution in [0.3, 0.4) is 0 Å². The number of hydrogen-bond donors (Lipinski definition) is 2. The van der Waals surface area contributed by atoms with Crippen LogP contribution in [0, 0.1) is 0 Å². The van der Waals surface area contributed by atoms with E-state index in [1.54, 1.807) is 12.3 Å². The van der Waals surface area contributed by atoms with Gasteiger partial charge in [0.1, 0.15) is 5.82 Å². The smallest absolute Gasteiger partial charge is 0.224 e. The van der Waals surface area contributed by atoms with Crippen LogP contribution in [0.2, 0.25) is 0 Å². The van der Waals surface area contributed by atoms with E-state index in [4.69, 9.17) is 5.73 Å². The fraction of sp³-hybridized carbons (Fsp3) is 0.143. The largest absolute Gasteiger partial charge is 0.383 e. The zero-order valence-electron chi connectivity index (χ0n) is 10.0. The second kappa shape index (κ2) is 5.31. The van der Waals surface area contributed by atoms with Crippen molar-refractivity contribution in [2.45, 2.75) is 12.8 Å². The van der Waals surface area contributed by atoms with Gasteiger partial charge in [0.25, 0.3) is 0 Å². The van der Waals surface area contributed by atoms with E-state index in [9.17, 15) is 4.79 Å². The van der Waals surface area contributed by atoms with Gasteiger partial charge in [-0.1, -0.05) is 6.08 Å². The normalized spacial score (nSPS) is 10.2. The fourth-order valence-corrected chi connectivity index (χ4v) is 1.74. The highest BCUT2D eigenvalue weighted by Gasteiger charge is 2.03. The van der Waals surface area contributed by atoms with Gasteiger partial charge in [-0.15, -0.1) is 6.58 Å². The van der Waals surface area contributed by atoms with Crippen molar-refractivity contribution in [2.75, 3.05) is 11.1 Å². The monoisotopic (exact) mass is 241 g/mol. The maximum Gasteiger partial charge on any atom is 0.224 e. The summed E-state index contributed by atoms with van der Waals surface area (Å²) in [7, 11) is 0. The summed E-state index contributed by atoms with van der Waals surface area (Å²) >= 11 is 0. The Bertz CT molecular complexity index is 593. The molecule has 0 aliphatic rings. The molecule has 1 aromatic heterocycles. The van der Waals surface area contributed by atoms with Crippen molar-refractivity contribution in [1.82, 2.24) is 4.98 Å². The summed E-state index contributed by atoms with van der Waals surface area (Å²) in [6, 6.07) is 7.44. The number of anilines is 2. The molecule has 0 unspecified atom stereocenters. The number of nitrogens with two attached hydrogens (primary N) is 1. The third kappa shape index (κ3) is 2.66. The van der Waals surface area contributed by atoms with Crippen molar-refractivity contribution in [3.8, 4) is 0 Å². The number of nitrogen functional groups attached to an aromatic ring is 1. The number of benzene rings is 1. The van der Waals surface area contributed by atoms with E-state index >= 15 is 0 Å². The van der Waals surface area contributed by atoms with Crippen molar-refractivity contribution < 1.29 is 4.79 Å². The van der Waals surface area contributed by atoms with Crippen LogP contribution in [0.4, 0.5) is 11.5 Å². The van der Waals surface area contributed by atoms with Crippen LogP contribution >= 0.6 is 0 Å². The zero-order chi connectivity index (χ0) is 13.0. The van der Waals surface area contributed by atoms with Crippen LogP contribution in [0.1, 0.15) is 12.8 Å². The minimum absolute atomic E-state index is 0.0173. The predicted molar refractivity (Wildman–Crippen MR) is 74.2 cm³/mol. The molecule has 0 fully saturated rings. The maximum absolute atomic E-state index is 11.6. The summed E-state index contributed by atoms with van der Waals surface area (Å²) in [4.78, 5) is 15.6. The first-order valence-electron chi connectivity index (χ1n) is 5.75. The predicted octanol–water partition coefficient (Wildman–Crippen LogP) is 2.72. The molecule has 0 aliphatic carbocycles. The maximum atomic E-state index is 11.6. The van der Waals surface area contributed by atoms with Gasteiger partial charge in [0.15, 0.2) is 0 Å². The van der Waals surface area contributed by atoms with E-state index in [2.05, 4.69) is 16.9 Å². The lowest BCUT2D eigenvalue weighted by molar-refractivity contribution is -0.116. The number of pyridine rings is 1. The highest BCUT2D eigenvalue weighted by molar-refractivity contribution is 5.97. The van der Waals surface area contributed by atoms with E-state index in [1.807, 2.05) is 24.3 Å². The summed E-state index contributed by atoms with van der Waals surface area (Å²) < 4.78 is 0. The lowest BCUT2D eigenvalue weighted by Gasteiger charge is -2.06. The summed E-state index contributed by atoms with van der Waals surface area (Å²) in [6.07, 6.45) is 4.50. The quantitative estimate of drug-likeness (QED) is 0.809. The molecule has 0 radical (unpaired) electrons. The molecular weight excluding hydrogens is 226 g/mol. The number of aromatic nitrogens is 1. The number of fused-ring (bicyclic) bond motifs is 1. The average Bonchev–Trinajstić information content (AvgIpc) is 2.36. The molecule has 1 amide bonds. The van der Waals surface area contributed by atoms with E-state index in [1.165, 1.54) is 0 Å². The van der Waals surface area contributed by atoms with Gasteiger partial charge >= 0.3 is 0 Å². The number of rotatable bonds is 4. The number of hydrogen-bond acceptors (Lipinski definition) is 3. The molecule has 4 nitrogen and oxygen atoms in total. The minimum atomic E-state index is -0.0173. The van der Waals surface area contributed by atoms with Crippen LogP contribution < -0.4 is 11.1 Å². The number of carbonyl (C=O) groups is 1. The Labute approximate surface area is 106 Å². The molecule has 2 aromatic rings. The molecule has 18 heavy (non-hydrogen) atoms. The number of nitrogens with zero attached hydrogens (tertiary/aromatic N) is 1. The third-order valence-electron chi connectivity index (χ3n) is 2.65. The van der Waals surface area contributed by atoms with Gasteiger partial charge < -0.3 is 11.1 Å². The lowest BCUT2D eigenvalue weighted by atomic mass is 10.1. The van der Waals surface area contributed by atoms with Crippen LogP contribution in [0.25, 0.3) is 10.8 Å². The highest BCUT2D eigenvalue weighted by atomic mass is 16.1. The van der Waals surface area contributed by atoms with Crippen molar-refractivity contribution in [1.29, 1.82) is 0 Å². The third-order valence-corrected chi connectivity index (χ3v) is 2.65. The molecule has 1 heterocycles. The molecule has 0 atom stereocenters. The molecule has 0 saturated heterocycles. The van der Waals surface area contributed by atoms with Crippen molar-refractivity contribution in [3.63, 3.8) is 0 Å². The molecule has 0 aliphatic heterocycles. The summed E-state index contributed by atoms with van der Waals surface area (Å²) in [5, 5.41) is 4.69. The zero-order valence-corrected chi connectivity index (χ0v) is 10.0. The van der Waals surface area contributed by atoms with Crippen molar-refractivity contribution in [2.24, 2.45) is 0 Å². The van der Waals surface area contributed by atoms with Gasteiger partial charge in [0.2, 0.25) is 5.91 Å². The second-order valence-electron chi connectivity index (χ2n) is 4.01. The van der Waals surface area contributed by atoms with E-state index in [0.29, 0.717) is 18.7 Å². The minimum Gasteiger partial charge on any atom is -0.383 e. The molecule has 1 aromatic carbocycles. The number of allylic oxidation sites excluding steroid dienone is 1. The van der Waals surface area contributed by atoms with Gasteiger partial charge in [-0.05, 0) is 36.1 Å². The Kier molecular flexibility index (Phi) is 3.57. The Morgan fingerprint density at radius 2 is 2.28 bits per heavy atom. The van der Waals surface area contributed by atoms with Gasteiger partial charge in [-0.25, -0.2) is 4.98 Å². The highest BCUT2D eigenvalue weighted by Crippen LogP contribution is 2.22. The molecule has 3 N–H and O–H groups in total. The van der Waals surface area contributed by atoms with Gasteiger partial charge in [-0.2, -0.15) is 0 Å². The van der Waals surface area contributed by atoms with Gasteiger partial charge in [-0.3, -0.25) is 4.79 Å². The Hall–Kier alpha value is -2.36. The van der Waals surface area contributed by atoms with Crippen LogP contribution in [0.5, 0.6) is 0 Å². The molecule has 0 bridgehead atoms. The first-order chi connectivity index (χ1) is 8.70. The number of carbonyl (C=O) groups excluding carboxylic acids is 1. The van der Waals surface area contributed by atoms with Gasteiger partial charge in [0.05, 0.1) is 0 Å². The van der Waals surface area contributed by atoms with Crippen LogP contribution in [-0.2, 0) is 4.79 Å². The fourth-order valence-electron chi connectivity index (χ4n) is 1.74. The molecule has 0 saturated carbocycles. The van der Waals surface area contributed by atoms with E-state index in [0.717, 1.165) is 16.5 Å². The Morgan fingerprint density at radius 3 is 3.06 bits per heavy atom. The van der Waals surface area contributed by atoms with Crippen molar-refractivity contribution in [3.05, 3.63) is 43.1 Å². The Balaban J connectivity index is 2.20. The molecule has 4 heteroatoms. The SMILES string of the molecule is C=CCCC(=O)Nc1ccc2c(N)nccc2c1. The summed E-state index contributed by atoms with van der Waals surface area (Å²) in [5.74, 6) is 0.480. The lowest BCUT2D eigenvalue weighted by Crippen LogP contribution is -2.10. The molecule has 2 rings (SSSR count). The first-order valence-corrected chi connectivity index (χ1v) is 5.75. The number of nitrogens with one attached hydrogen (secondary N) is 1. The standard InChI is InChI=1S/C14H15N3O/c1-2-3-4-13(18)17-11-5-6-12-10(9-11)7-8-16-14(12)15/h2,5-9H,1,3-4H2,(H2,15,16)(H,17,18). The topological polar surface area (TPSA) is 68.0 Å². The van der Waals surface area contributed by atoms with Gasteiger partial charge in [0, 0.05) is 23.7 Å². The molecule has 0 spiro atoms. The molecular formula is C14H15N3O. The number of amides is 1. The van der Waals surface area contributed by atoms with E-state index < -0.39 is 0 Å². The van der Waals surface area contributed by atoms with Crippen LogP contribution in [-0.4, -0.2) is 10.9 Å². The molecule has 92 valence electrons. The Morgan fingerprint density at radius 1 is 1.44 bits per heavy atom. The first kappa shape index (κ1) is 12.1. The van der Waals surface area contributed by atoms with Crippen molar-refractivity contribution >= 4 is 28.2 Å². The average molecular weight is 241 g/mol. The van der Waals surface area contributed by atoms with Crippen LogP contribution in [0.15, 0.2) is 43.1 Å². The van der Waals surface area contributed by atoms with E-state index in [-0.39, 0.29) is 5.91 Å². The summed E-state index contributed by atoms with van der Waals surface area (Å²) in [5.41, 5.74) is 6.53. The second-order valence-corrected chi connectivity index (χ2v) is 4.01.